The maximum atomic E-state index is 13.6. The first-order valence-corrected chi connectivity index (χ1v) is 5.81. The molecule has 0 amide bonds. The van der Waals surface area contributed by atoms with E-state index in [4.69, 9.17) is 16.3 Å². The first-order chi connectivity index (χ1) is 8.24. The van der Waals surface area contributed by atoms with Crippen LogP contribution < -0.4 is 4.74 Å². The van der Waals surface area contributed by atoms with Gasteiger partial charge < -0.3 is 4.74 Å². The van der Waals surface area contributed by atoms with Crippen LogP contribution in [0.15, 0.2) is 30.6 Å². The summed E-state index contributed by atoms with van der Waals surface area (Å²) in [5, 5.41) is 4.05. The molecule has 0 N–H and O–H groups in total. The van der Waals surface area contributed by atoms with Gasteiger partial charge in [-0.25, -0.2) is 4.39 Å². The number of nitrogens with zero attached hydrogens (tertiary/aromatic N) is 2. The van der Waals surface area contributed by atoms with E-state index in [-0.39, 0.29) is 11.6 Å². The average molecular weight is 255 g/mol. The second-order valence-electron chi connectivity index (χ2n) is 3.50. The predicted octanol–water partition coefficient (Wildman–Crippen LogP) is 3.57. The van der Waals surface area contributed by atoms with E-state index in [2.05, 4.69) is 5.10 Å². The van der Waals surface area contributed by atoms with E-state index in [9.17, 15) is 4.39 Å². The van der Waals surface area contributed by atoms with Gasteiger partial charge in [0, 0.05) is 12.1 Å². The van der Waals surface area contributed by atoms with Crippen LogP contribution in [0.4, 0.5) is 4.39 Å². The van der Waals surface area contributed by atoms with Gasteiger partial charge in [-0.05, 0) is 13.0 Å². The lowest BCUT2D eigenvalue weighted by Gasteiger charge is -2.08. The van der Waals surface area contributed by atoms with E-state index >= 15 is 0 Å². The number of alkyl halides is 1. The summed E-state index contributed by atoms with van der Waals surface area (Å²) in [6, 6.07) is 4.68. The predicted molar refractivity (Wildman–Crippen MR) is 63.9 cm³/mol. The molecule has 0 radical (unpaired) electrons. The summed E-state index contributed by atoms with van der Waals surface area (Å²) in [5.74, 6) is 0.448. The number of aromatic nitrogens is 2. The minimum atomic E-state index is -0.424. The second kappa shape index (κ2) is 5.19. The van der Waals surface area contributed by atoms with Crippen molar-refractivity contribution < 1.29 is 9.13 Å². The number of ether oxygens (including phenoxy) is 1. The fourth-order valence-corrected chi connectivity index (χ4v) is 1.67. The van der Waals surface area contributed by atoms with Gasteiger partial charge in [-0.2, -0.15) is 5.10 Å². The van der Waals surface area contributed by atoms with Crippen molar-refractivity contribution in [3.63, 3.8) is 0 Å². The highest BCUT2D eigenvalue weighted by atomic mass is 35.5. The highest BCUT2D eigenvalue weighted by Gasteiger charge is 2.11. The molecule has 0 saturated heterocycles. The Bertz CT molecular complexity index is 513. The molecule has 0 bridgehead atoms. The van der Waals surface area contributed by atoms with Crippen LogP contribution in [0, 0.1) is 5.82 Å². The topological polar surface area (TPSA) is 27.1 Å². The molecule has 0 aliphatic rings. The van der Waals surface area contributed by atoms with E-state index in [1.807, 2.05) is 6.92 Å². The van der Waals surface area contributed by atoms with Crippen LogP contribution >= 0.6 is 11.6 Å². The van der Waals surface area contributed by atoms with Gasteiger partial charge in [0.15, 0.2) is 17.3 Å². The number of hydrogen-bond acceptors (Lipinski definition) is 2. The minimum Gasteiger partial charge on any atom is -0.451 e. The van der Waals surface area contributed by atoms with Gasteiger partial charge in [0.2, 0.25) is 0 Å². The zero-order chi connectivity index (χ0) is 12.3. The second-order valence-corrected chi connectivity index (χ2v) is 3.76. The van der Waals surface area contributed by atoms with Gasteiger partial charge in [0.25, 0.3) is 0 Å². The summed E-state index contributed by atoms with van der Waals surface area (Å²) in [5.41, 5.74) is 0.621. The Labute approximate surface area is 104 Å². The van der Waals surface area contributed by atoms with Crippen LogP contribution in [-0.4, -0.2) is 9.78 Å². The molecular weight excluding hydrogens is 243 g/mol. The van der Waals surface area contributed by atoms with Gasteiger partial charge in [-0.1, -0.05) is 12.1 Å². The molecular formula is C12H12ClFN2O. The van der Waals surface area contributed by atoms with Gasteiger partial charge >= 0.3 is 0 Å². The number of hydrogen-bond donors (Lipinski definition) is 0. The smallest absolute Gasteiger partial charge is 0.167 e. The highest BCUT2D eigenvalue weighted by Crippen LogP contribution is 2.29. The number of halogens is 2. The third kappa shape index (κ3) is 2.58. The molecule has 0 atom stereocenters. The lowest BCUT2D eigenvalue weighted by molar-refractivity contribution is 0.437. The summed E-state index contributed by atoms with van der Waals surface area (Å²) in [4.78, 5) is 0. The van der Waals surface area contributed by atoms with Crippen molar-refractivity contribution >= 4 is 11.6 Å². The first-order valence-electron chi connectivity index (χ1n) is 5.28. The molecule has 17 heavy (non-hydrogen) atoms. The van der Waals surface area contributed by atoms with E-state index < -0.39 is 5.82 Å². The maximum absolute atomic E-state index is 13.6. The Hall–Kier alpha value is -1.55. The normalized spacial score (nSPS) is 10.5. The van der Waals surface area contributed by atoms with Crippen LogP contribution in [0.5, 0.6) is 11.5 Å². The molecule has 2 rings (SSSR count). The minimum absolute atomic E-state index is 0.165. The van der Waals surface area contributed by atoms with Gasteiger partial charge in [-0.3, -0.25) is 4.68 Å². The van der Waals surface area contributed by atoms with Gasteiger partial charge in [-0.15, -0.1) is 11.6 Å². The molecule has 3 nitrogen and oxygen atoms in total. The van der Waals surface area contributed by atoms with E-state index in [0.29, 0.717) is 11.3 Å². The van der Waals surface area contributed by atoms with E-state index in [1.165, 1.54) is 6.07 Å². The van der Waals surface area contributed by atoms with Crippen molar-refractivity contribution in [1.82, 2.24) is 9.78 Å². The number of para-hydroxylation sites is 1. The molecule has 1 aromatic carbocycles. The monoisotopic (exact) mass is 254 g/mol. The summed E-state index contributed by atoms with van der Waals surface area (Å²) in [6.07, 6.45) is 3.26. The summed E-state index contributed by atoms with van der Waals surface area (Å²) >= 11 is 5.74. The van der Waals surface area contributed by atoms with Gasteiger partial charge in [0.05, 0.1) is 18.3 Å². The van der Waals surface area contributed by atoms with Crippen molar-refractivity contribution in [2.45, 2.75) is 19.3 Å². The molecule has 0 spiro atoms. The van der Waals surface area contributed by atoms with Crippen molar-refractivity contribution in [1.29, 1.82) is 0 Å². The highest BCUT2D eigenvalue weighted by molar-refractivity contribution is 6.17. The maximum Gasteiger partial charge on any atom is 0.167 e. The molecule has 1 aromatic heterocycles. The quantitative estimate of drug-likeness (QED) is 0.780. The molecule has 90 valence electrons. The Morgan fingerprint density at radius 2 is 2.29 bits per heavy atom. The van der Waals surface area contributed by atoms with Crippen LogP contribution in [0.25, 0.3) is 0 Å². The Morgan fingerprint density at radius 3 is 2.94 bits per heavy atom. The molecule has 0 aliphatic carbocycles. The third-order valence-electron chi connectivity index (χ3n) is 2.35. The molecule has 0 saturated carbocycles. The standard InChI is InChI=1S/C12H12ClFN2O/c1-2-16-8-10(7-15-16)17-12-9(6-13)4-3-5-11(12)14/h3-5,7-8H,2,6H2,1H3. The first kappa shape index (κ1) is 11.9. The van der Waals surface area contributed by atoms with E-state index in [1.54, 1.807) is 29.2 Å². The van der Waals surface area contributed by atoms with Crippen molar-refractivity contribution in [3.05, 3.63) is 42.0 Å². The van der Waals surface area contributed by atoms with Crippen molar-refractivity contribution in [2.75, 3.05) is 0 Å². The lowest BCUT2D eigenvalue weighted by Crippen LogP contribution is -1.93. The van der Waals surface area contributed by atoms with Crippen molar-refractivity contribution in [2.24, 2.45) is 0 Å². The summed E-state index contributed by atoms with van der Waals surface area (Å²) in [7, 11) is 0. The number of rotatable bonds is 4. The van der Waals surface area contributed by atoms with Crippen LogP contribution in [0.3, 0.4) is 0 Å². The average Bonchev–Trinajstić information content (AvgIpc) is 2.79. The third-order valence-corrected chi connectivity index (χ3v) is 2.63. The summed E-state index contributed by atoms with van der Waals surface area (Å²) < 4.78 is 20.8. The van der Waals surface area contributed by atoms with Crippen LogP contribution in [-0.2, 0) is 12.4 Å². The number of benzene rings is 1. The van der Waals surface area contributed by atoms with Crippen molar-refractivity contribution in [3.8, 4) is 11.5 Å². The zero-order valence-electron chi connectivity index (χ0n) is 9.36. The number of aryl methyl sites for hydroxylation is 1. The fraction of sp³-hybridized carbons (Fsp3) is 0.250. The Kier molecular flexibility index (Phi) is 3.64. The van der Waals surface area contributed by atoms with E-state index in [0.717, 1.165) is 6.54 Å². The van der Waals surface area contributed by atoms with Crippen LogP contribution in [0.1, 0.15) is 12.5 Å². The molecule has 0 unspecified atom stereocenters. The Morgan fingerprint density at radius 1 is 1.47 bits per heavy atom. The molecule has 1 heterocycles. The largest absolute Gasteiger partial charge is 0.451 e. The van der Waals surface area contributed by atoms with Gasteiger partial charge in [0.1, 0.15) is 0 Å². The lowest BCUT2D eigenvalue weighted by atomic mass is 10.2. The molecule has 5 heteroatoms. The van der Waals surface area contributed by atoms with Crippen LogP contribution in [0.2, 0.25) is 0 Å². The zero-order valence-corrected chi connectivity index (χ0v) is 10.1. The summed E-state index contributed by atoms with van der Waals surface area (Å²) in [6.45, 7) is 2.70. The molecule has 0 fully saturated rings. The Balaban J connectivity index is 2.28. The fourth-order valence-electron chi connectivity index (χ4n) is 1.46. The molecule has 2 aromatic rings. The SMILES string of the molecule is CCn1cc(Oc2c(F)cccc2CCl)cn1. The molecule has 0 aliphatic heterocycles.